The Morgan fingerprint density at radius 2 is 1.92 bits per heavy atom. The van der Waals surface area contributed by atoms with Crippen LogP contribution in [0.3, 0.4) is 0 Å². The third kappa shape index (κ3) is 3.73. The molecule has 26 heavy (non-hydrogen) atoms. The molecular formula is C20H18N4O2. The first-order valence-corrected chi connectivity index (χ1v) is 8.21. The Hall–Kier alpha value is -3.59. The summed E-state index contributed by atoms with van der Waals surface area (Å²) in [5, 5.41) is 15.2. The zero-order valence-electron chi connectivity index (χ0n) is 14.3. The average Bonchev–Trinajstić information content (AvgIpc) is 3.02. The van der Waals surface area contributed by atoms with Gasteiger partial charge in [-0.15, -0.1) is 0 Å². The summed E-state index contributed by atoms with van der Waals surface area (Å²) in [5.74, 6) is -1.51. The van der Waals surface area contributed by atoms with Crippen molar-refractivity contribution in [3.8, 4) is 6.07 Å². The molecule has 0 saturated carbocycles. The summed E-state index contributed by atoms with van der Waals surface area (Å²) in [7, 11) is 1.99. The average molecular weight is 346 g/mol. The van der Waals surface area contributed by atoms with Crippen LogP contribution in [-0.2, 0) is 23.1 Å². The number of hydrogen-bond acceptors (Lipinski definition) is 3. The maximum Gasteiger partial charge on any atom is 0.313 e. The molecular weight excluding hydrogens is 328 g/mol. The summed E-state index contributed by atoms with van der Waals surface area (Å²) >= 11 is 0. The molecule has 6 heteroatoms. The van der Waals surface area contributed by atoms with Crippen molar-refractivity contribution in [1.82, 2.24) is 9.88 Å². The minimum absolute atomic E-state index is 0.310. The van der Waals surface area contributed by atoms with E-state index in [-0.39, 0.29) is 0 Å². The van der Waals surface area contributed by atoms with E-state index in [2.05, 4.69) is 16.7 Å². The summed E-state index contributed by atoms with van der Waals surface area (Å²) in [5.41, 5.74) is 2.86. The number of benzene rings is 2. The summed E-state index contributed by atoms with van der Waals surface area (Å²) in [6, 6.07) is 16.7. The van der Waals surface area contributed by atoms with Crippen LogP contribution < -0.4 is 10.6 Å². The lowest BCUT2D eigenvalue weighted by Gasteiger charge is -2.08. The zero-order valence-corrected chi connectivity index (χ0v) is 14.3. The lowest BCUT2D eigenvalue weighted by Crippen LogP contribution is -2.36. The smallest absolute Gasteiger partial charge is 0.313 e. The number of amides is 2. The van der Waals surface area contributed by atoms with E-state index < -0.39 is 11.8 Å². The second-order valence-corrected chi connectivity index (χ2v) is 5.94. The van der Waals surface area contributed by atoms with Gasteiger partial charge in [0.25, 0.3) is 0 Å². The van der Waals surface area contributed by atoms with Crippen molar-refractivity contribution in [2.24, 2.45) is 7.05 Å². The van der Waals surface area contributed by atoms with E-state index in [4.69, 9.17) is 5.26 Å². The number of aryl methyl sites for hydroxylation is 1. The maximum absolute atomic E-state index is 12.0. The van der Waals surface area contributed by atoms with Gasteiger partial charge in [-0.25, -0.2) is 0 Å². The summed E-state index contributed by atoms with van der Waals surface area (Å²) in [6.07, 6.45) is 2.62. The molecule has 0 radical (unpaired) electrons. The number of rotatable bonds is 4. The van der Waals surface area contributed by atoms with Gasteiger partial charge < -0.3 is 15.2 Å². The number of para-hydroxylation sites is 1. The SMILES string of the molecule is Cn1ccc2cc(CCNC(=O)C(=O)Nc3ccccc3C#N)ccc21. The van der Waals surface area contributed by atoms with Crippen LogP contribution >= 0.6 is 0 Å². The van der Waals surface area contributed by atoms with E-state index in [1.54, 1.807) is 24.3 Å². The summed E-state index contributed by atoms with van der Waals surface area (Å²) < 4.78 is 2.05. The topological polar surface area (TPSA) is 86.9 Å². The Morgan fingerprint density at radius 3 is 2.73 bits per heavy atom. The molecule has 1 heterocycles. The number of anilines is 1. The largest absolute Gasteiger partial charge is 0.351 e. The number of nitrogens with one attached hydrogen (secondary N) is 2. The van der Waals surface area contributed by atoms with E-state index >= 15 is 0 Å². The summed E-state index contributed by atoms with van der Waals surface area (Å²) in [4.78, 5) is 23.9. The molecule has 130 valence electrons. The van der Waals surface area contributed by atoms with Gasteiger partial charge in [-0.2, -0.15) is 5.26 Å². The number of aromatic nitrogens is 1. The van der Waals surface area contributed by atoms with Crippen molar-refractivity contribution in [3.05, 3.63) is 65.9 Å². The normalized spacial score (nSPS) is 10.3. The Balaban J connectivity index is 1.54. The van der Waals surface area contributed by atoms with Crippen LogP contribution in [-0.4, -0.2) is 22.9 Å². The maximum atomic E-state index is 12.0. The van der Waals surface area contributed by atoms with Crippen LogP contribution in [0.4, 0.5) is 5.69 Å². The Kier molecular flexibility index (Phi) is 4.99. The molecule has 0 saturated heterocycles. The molecule has 0 aliphatic rings. The van der Waals surface area contributed by atoms with E-state index in [9.17, 15) is 9.59 Å². The van der Waals surface area contributed by atoms with Crippen LogP contribution in [0, 0.1) is 11.3 Å². The molecule has 0 aliphatic carbocycles. The minimum Gasteiger partial charge on any atom is -0.351 e. The van der Waals surface area contributed by atoms with E-state index in [0.717, 1.165) is 16.5 Å². The standard InChI is InChI=1S/C20H18N4O2/c1-24-11-9-15-12-14(6-7-18(15)24)8-10-22-19(25)20(26)23-17-5-3-2-4-16(17)13-21/h2-7,9,11-12H,8,10H2,1H3,(H,22,25)(H,23,26). The van der Waals surface area contributed by atoms with Gasteiger partial charge in [0.1, 0.15) is 6.07 Å². The van der Waals surface area contributed by atoms with Gasteiger partial charge in [-0.1, -0.05) is 18.2 Å². The van der Waals surface area contributed by atoms with E-state index in [0.29, 0.717) is 24.2 Å². The zero-order chi connectivity index (χ0) is 18.5. The quantitative estimate of drug-likeness (QED) is 0.711. The molecule has 3 aromatic rings. The second kappa shape index (κ2) is 7.53. The Labute approximate surface area is 151 Å². The predicted molar refractivity (Wildman–Crippen MR) is 99.4 cm³/mol. The molecule has 2 aromatic carbocycles. The lowest BCUT2D eigenvalue weighted by atomic mass is 10.1. The minimum atomic E-state index is -0.786. The molecule has 0 spiro atoms. The van der Waals surface area contributed by atoms with Crippen molar-refractivity contribution in [1.29, 1.82) is 5.26 Å². The van der Waals surface area contributed by atoms with Gasteiger partial charge in [0.05, 0.1) is 11.3 Å². The molecule has 0 unspecified atom stereocenters. The molecule has 0 aliphatic heterocycles. The number of nitrogens with zero attached hydrogens (tertiary/aromatic N) is 2. The fourth-order valence-corrected chi connectivity index (χ4v) is 2.76. The van der Waals surface area contributed by atoms with Crippen molar-refractivity contribution in [3.63, 3.8) is 0 Å². The first-order valence-electron chi connectivity index (χ1n) is 8.21. The highest BCUT2D eigenvalue weighted by Crippen LogP contribution is 2.17. The van der Waals surface area contributed by atoms with Gasteiger partial charge >= 0.3 is 11.8 Å². The van der Waals surface area contributed by atoms with Gasteiger partial charge in [-0.05, 0) is 47.7 Å². The monoisotopic (exact) mass is 346 g/mol. The highest BCUT2D eigenvalue weighted by molar-refractivity contribution is 6.39. The fourth-order valence-electron chi connectivity index (χ4n) is 2.76. The molecule has 0 atom stereocenters. The highest BCUT2D eigenvalue weighted by Gasteiger charge is 2.14. The molecule has 2 amide bonds. The van der Waals surface area contributed by atoms with Crippen molar-refractivity contribution < 1.29 is 9.59 Å². The molecule has 6 nitrogen and oxygen atoms in total. The summed E-state index contributed by atoms with van der Waals surface area (Å²) in [6.45, 7) is 0.352. The molecule has 2 N–H and O–H groups in total. The number of nitriles is 1. The van der Waals surface area contributed by atoms with Crippen LogP contribution in [0.5, 0.6) is 0 Å². The highest BCUT2D eigenvalue weighted by atomic mass is 16.2. The third-order valence-corrected chi connectivity index (χ3v) is 4.15. The van der Waals surface area contributed by atoms with Crippen LogP contribution in [0.25, 0.3) is 10.9 Å². The molecule has 0 fully saturated rings. The first-order chi connectivity index (χ1) is 12.6. The number of carbonyl (C=O) groups excluding carboxylic acids is 2. The number of fused-ring (bicyclic) bond motifs is 1. The van der Waals surface area contributed by atoms with Gasteiger partial charge in [0.15, 0.2) is 0 Å². The van der Waals surface area contributed by atoms with Gasteiger partial charge in [0, 0.05) is 25.3 Å². The van der Waals surface area contributed by atoms with Crippen LogP contribution in [0.15, 0.2) is 54.7 Å². The van der Waals surface area contributed by atoms with E-state index in [1.807, 2.05) is 42.1 Å². The van der Waals surface area contributed by atoms with Crippen LogP contribution in [0.1, 0.15) is 11.1 Å². The Bertz CT molecular complexity index is 1010. The van der Waals surface area contributed by atoms with Crippen molar-refractivity contribution >= 4 is 28.4 Å². The predicted octanol–water partition coefficient (Wildman–Crippen LogP) is 2.35. The van der Waals surface area contributed by atoms with Crippen molar-refractivity contribution in [2.45, 2.75) is 6.42 Å². The third-order valence-electron chi connectivity index (χ3n) is 4.15. The number of hydrogen-bond donors (Lipinski definition) is 2. The fraction of sp³-hybridized carbons (Fsp3) is 0.150. The van der Waals surface area contributed by atoms with Crippen LogP contribution in [0.2, 0.25) is 0 Å². The molecule has 1 aromatic heterocycles. The Morgan fingerprint density at radius 1 is 1.12 bits per heavy atom. The van der Waals surface area contributed by atoms with Gasteiger partial charge in [-0.3, -0.25) is 9.59 Å². The second-order valence-electron chi connectivity index (χ2n) is 5.94. The van der Waals surface area contributed by atoms with Gasteiger partial charge in [0.2, 0.25) is 0 Å². The first kappa shape index (κ1) is 17.2. The van der Waals surface area contributed by atoms with E-state index in [1.165, 1.54) is 0 Å². The molecule has 0 bridgehead atoms. The molecule has 3 rings (SSSR count). The number of carbonyl (C=O) groups is 2. The lowest BCUT2D eigenvalue weighted by molar-refractivity contribution is -0.136. The van der Waals surface area contributed by atoms with Crippen molar-refractivity contribution in [2.75, 3.05) is 11.9 Å².